The molecule has 1 atom stereocenters. The maximum Gasteiger partial charge on any atom is 0.193 e. The summed E-state index contributed by atoms with van der Waals surface area (Å²) in [6, 6.07) is 22.2. The molecule has 0 fully saturated rings. The highest BCUT2D eigenvalue weighted by molar-refractivity contribution is 6.40. The van der Waals surface area contributed by atoms with Gasteiger partial charge in [-0.2, -0.15) is 0 Å². The number of allylic oxidation sites excluding steroid dienone is 4. The fraction of sp³-hybridized carbons (Fsp3) is 0.138. The summed E-state index contributed by atoms with van der Waals surface area (Å²) in [5.74, 6) is -1.11. The number of hydrogen-bond acceptors (Lipinski definition) is 4. The van der Waals surface area contributed by atoms with Gasteiger partial charge in [-0.05, 0) is 28.8 Å². The molecule has 160 valence electrons. The molecule has 4 nitrogen and oxygen atoms in total. The van der Waals surface area contributed by atoms with Gasteiger partial charge in [0.15, 0.2) is 17.3 Å². The number of anilines is 1. The van der Waals surface area contributed by atoms with Crippen molar-refractivity contribution >= 4 is 28.6 Å². The lowest BCUT2D eigenvalue weighted by atomic mass is 9.60. The van der Waals surface area contributed by atoms with Gasteiger partial charge in [-0.25, -0.2) is 0 Å². The summed E-state index contributed by atoms with van der Waals surface area (Å²) in [4.78, 5) is 43.7. The Hall–Kier alpha value is -4.05. The molecule has 1 spiro atoms. The van der Waals surface area contributed by atoms with E-state index in [1.54, 1.807) is 36.4 Å². The molecular formula is C29H21NO3. The van der Waals surface area contributed by atoms with E-state index in [1.165, 1.54) is 0 Å². The van der Waals surface area contributed by atoms with Crippen molar-refractivity contribution in [1.29, 1.82) is 0 Å². The molecule has 0 saturated carbocycles. The van der Waals surface area contributed by atoms with Crippen LogP contribution in [0.2, 0.25) is 0 Å². The minimum Gasteiger partial charge on any atom is -0.378 e. The van der Waals surface area contributed by atoms with Crippen LogP contribution >= 0.6 is 0 Å². The van der Waals surface area contributed by atoms with Gasteiger partial charge in [0.25, 0.3) is 0 Å². The Morgan fingerprint density at radius 2 is 1.24 bits per heavy atom. The first-order valence-electron chi connectivity index (χ1n) is 11.0. The van der Waals surface area contributed by atoms with E-state index >= 15 is 0 Å². The standard InChI is InChI=1S/C29H21NO3/c1-30(2)18-13-11-17(12-14-18)24-16-15-23-25(19-7-3-4-8-20(19)26(23)31)29(24)27(32)21-9-5-6-10-22(21)28(29)33/h3-16,24H,1-2H3. The van der Waals surface area contributed by atoms with Crippen LogP contribution in [0.1, 0.15) is 48.1 Å². The smallest absolute Gasteiger partial charge is 0.193 e. The highest BCUT2D eigenvalue weighted by Gasteiger charge is 2.63. The van der Waals surface area contributed by atoms with Gasteiger partial charge in [0.05, 0.1) is 0 Å². The van der Waals surface area contributed by atoms with E-state index in [0.717, 1.165) is 11.3 Å². The lowest BCUT2D eigenvalue weighted by Gasteiger charge is -2.38. The number of benzene rings is 3. The van der Waals surface area contributed by atoms with Crippen molar-refractivity contribution < 1.29 is 14.4 Å². The first-order valence-corrected chi connectivity index (χ1v) is 11.0. The Labute approximate surface area is 191 Å². The first kappa shape index (κ1) is 19.6. The molecule has 0 bridgehead atoms. The molecule has 3 aliphatic carbocycles. The van der Waals surface area contributed by atoms with E-state index in [0.29, 0.717) is 33.4 Å². The highest BCUT2D eigenvalue weighted by atomic mass is 16.2. The third kappa shape index (κ3) is 2.38. The fourth-order valence-electron chi connectivity index (χ4n) is 5.64. The third-order valence-electron chi connectivity index (χ3n) is 7.17. The lowest BCUT2D eigenvalue weighted by molar-refractivity contribution is 0.0753. The van der Waals surface area contributed by atoms with Crippen LogP contribution in [0.3, 0.4) is 0 Å². The number of ketones is 3. The molecular weight excluding hydrogens is 410 g/mol. The number of fused-ring (bicyclic) bond motifs is 4. The number of hydrogen-bond donors (Lipinski definition) is 0. The first-order chi connectivity index (χ1) is 16.0. The van der Waals surface area contributed by atoms with Crippen molar-refractivity contribution in [3.63, 3.8) is 0 Å². The summed E-state index contributed by atoms with van der Waals surface area (Å²) in [6.07, 6.45) is 3.67. The zero-order valence-corrected chi connectivity index (χ0v) is 18.3. The Bertz CT molecular complexity index is 1400. The van der Waals surface area contributed by atoms with Crippen LogP contribution in [-0.2, 0) is 0 Å². The number of rotatable bonds is 2. The monoisotopic (exact) mass is 431 g/mol. The van der Waals surface area contributed by atoms with Crippen LogP contribution in [0.25, 0.3) is 5.57 Å². The van der Waals surface area contributed by atoms with Crippen molar-refractivity contribution in [2.24, 2.45) is 5.41 Å². The average molecular weight is 431 g/mol. The van der Waals surface area contributed by atoms with E-state index in [2.05, 4.69) is 0 Å². The van der Waals surface area contributed by atoms with Gasteiger partial charge in [-0.3, -0.25) is 14.4 Å². The number of Topliss-reactive ketones (excluding diaryl/α,β-unsaturated/α-hetero) is 3. The second-order valence-electron chi connectivity index (χ2n) is 9.00. The molecule has 0 radical (unpaired) electrons. The number of nitrogens with zero attached hydrogens (tertiary/aromatic N) is 1. The molecule has 33 heavy (non-hydrogen) atoms. The average Bonchev–Trinajstić information content (AvgIpc) is 3.25. The molecule has 0 saturated heterocycles. The Morgan fingerprint density at radius 3 is 1.82 bits per heavy atom. The predicted octanol–water partition coefficient (Wildman–Crippen LogP) is 5.12. The van der Waals surface area contributed by atoms with Crippen LogP contribution in [0.15, 0.2) is 90.5 Å². The van der Waals surface area contributed by atoms with Crippen molar-refractivity contribution in [3.8, 4) is 0 Å². The third-order valence-corrected chi connectivity index (χ3v) is 7.17. The van der Waals surface area contributed by atoms with Gasteiger partial charge in [-0.15, -0.1) is 0 Å². The fourth-order valence-corrected chi connectivity index (χ4v) is 5.64. The van der Waals surface area contributed by atoms with Crippen LogP contribution in [0.4, 0.5) is 5.69 Å². The molecule has 0 amide bonds. The van der Waals surface area contributed by atoms with Gasteiger partial charge >= 0.3 is 0 Å². The molecule has 4 heteroatoms. The van der Waals surface area contributed by atoms with Gasteiger partial charge in [0.1, 0.15) is 5.41 Å². The van der Waals surface area contributed by atoms with Gasteiger partial charge < -0.3 is 4.90 Å². The summed E-state index contributed by atoms with van der Waals surface area (Å²) < 4.78 is 0. The Balaban J connectivity index is 1.65. The maximum atomic E-state index is 14.2. The largest absolute Gasteiger partial charge is 0.378 e. The van der Waals surface area contributed by atoms with E-state index in [4.69, 9.17) is 0 Å². The van der Waals surface area contributed by atoms with Gasteiger partial charge in [-0.1, -0.05) is 72.8 Å². The highest BCUT2D eigenvalue weighted by Crippen LogP contribution is 2.60. The Kier molecular flexibility index (Phi) is 4.00. The second kappa shape index (κ2) is 6.72. The molecule has 0 heterocycles. The number of carbonyl (C=O) groups is 3. The zero-order valence-electron chi connectivity index (χ0n) is 18.3. The minimum absolute atomic E-state index is 0.130. The van der Waals surface area contributed by atoms with Crippen LogP contribution < -0.4 is 4.90 Å². The lowest BCUT2D eigenvalue weighted by Crippen LogP contribution is -2.42. The van der Waals surface area contributed by atoms with Gasteiger partial charge in [0, 0.05) is 48.0 Å². The molecule has 3 aromatic rings. The number of carbonyl (C=O) groups excluding carboxylic acids is 3. The van der Waals surface area contributed by atoms with E-state index in [9.17, 15) is 14.4 Å². The van der Waals surface area contributed by atoms with E-state index < -0.39 is 11.3 Å². The van der Waals surface area contributed by atoms with E-state index in [1.807, 2.05) is 67.5 Å². The zero-order chi connectivity index (χ0) is 22.9. The van der Waals surface area contributed by atoms with Crippen LogP contribution in [-0.4, -0.2) is 31.4 Å². The van der Waals surface area contributed by atoms with Crippen molar-refractivity contribution in [1.82, 2.24) is 0 Å². The molecule has 6 rings (SSSR count). The van der Waals surface area contributed by atoms with Crippen molar-refractivity contribution in [2.45, 2.75) is 5.92 Å². The Morgan fingerprint density at radius 1 is 0.697 bits per heavy atom. The minimum atomic E-state index is -1.49. The maximum absolute atomic E-state index is 14.2. The SMILES string of the molecule is CN(C)c1ccc(C2C=CC3=C(c4ccccc4C3=O)C23C(=O)c2ccccc2C3=O)cc1. The molecule has 3 aromatic carbocycles. The summed E-state index contributed by atoms with van der Waals surface area (Å²) in [5, 5.41) is 0. The van der Waals surface area contributed by atoms with Crippen LogP contribution in [0.5, 0.6) is 0 Å². The summed E-state index contributed by atoms with van der Waals surface area (Å²) in [6.45, 7) is 0. The molecule has 1 unspecified atom stereocenters. The summed E-state index contributed by atoms with van der Waals surface area (Å²) in [5.41, 5.74) is 3.50. The molecule has 0 aliphatic heterocycles. The van der Waals surface area contributed by atoms with Crippen molar-refractivity contribution in [3.05, 3.63) is 118 Å². The summed E-state index contributed by atoms with van der Waals surface area (Å²) >= 11 is 0. The normalized spacial score (nSPS) is 19.7. The second-order valence-corrected chi connectivity index (χ2v) is 9.00. The topological polar surface area (TPSA) is 54.5 Å². The molecule has 3 aliphatic rings. The molecule has 0 N–H and O–H groups in total. The predicted molar refractivity (Wildman–Crippen MR) is 128 cm³/mol. The van der Waals surface area contributed by atoms with Crippen LogP contribution in [0, 0.1) is 5.41 Å². The van der Waals surface area contributed by atoms with Crippen molar-refractivity contribution in [2.75, 3.05) is 19.0 Å². The molecule has 0 aromatic heterocycles. The quantitative estimate of drug-likeness (QED) is 0.529. The van der Waals surface area contributed by atoms with E-state index in [-0.39, 0.29) is 17.3 Å². The van der Waals surface area contributed by atoms with Gasteiger partial charge in [0.2, 0.25) is 0 Å². The summed E-state index contributed by atoms with van der Waals surface area (Å²) in [7, 11) is 3.94.